The second-order valence-corrected chi connectivity index (χ2v) is 6.82. The van der Waals surface area contributed by atoms with Gasteiger partial charge in [0.2, 0.25) is 5.91 Å². The summed E-state index contributed by atoms with van der Waals surface area (Å²) in [5.41, 5.74) is 2.90. The summed E-state index contributed by atoms with van der Waals surface area (Å²) in [6.45, 7) is 7.31. The van der Waals surface area contributed by atoms with Crippen LogP contribution in [0.2, 0.25) is 0 Å². The molecule has 2 aromatic carbocycles. The zero-order chi connectivity index (χ0) is 19.8. The van der Waals surface area contributed by atoms with E-state index in [9.17, 15) is 4.79 Å². The van der Waals surface area contributed by atoms with Gasteiger partial charge in [-0.15, -0.1) is 0 Å². The minimum Gasteiger partial charge on any atom is -0.495 e. The highest BCUT2D eigenvalue weighted by Crippen LogP contribution is 2.25. The molecule has 1 amide bonds. The highest BCUT2D eigenvalue weighted by atomic mass is 16.5. The van der Waals surface area contributed by atoms with Crippen LogP contribution in [0.1, 0.15) is 24.5 Å². The van der Waals surface area contributed by atoms with E-state index in [0.717, 1.165) is 29.8 Å². The summed E-state index contributed by atoms with van der Waals surface area (Å²) in [6, 6.07) is 13.5. The molecule has 0 aromatic heterocycles. The van der Waals surface area contributed by atoms with E-state index in [2.05, 4.69) is 5.32 Å². The molecule has 0 heterocycles. The number of hydrogen-bond acceptors (Lipinski definition) is 4. The molecule has 1 N–H and O–H groups in total. The number of ether oxygens (including phenoxy) is 2. The molecule has 2 rings (SSSR count). The van der Waals surface area contributed by atoms with Crippen molar-refractivity contribution in [2.45, 2.75) is 33.2 Å². The van der Waals surface area contributed by atoms with Crippen LogP contribution in [0.4, 0.5) is 5.69 Å². The molecule has 0 spiro atoms. The molecular weight excluding hydrogens is 340 g/mol. The Bertz CT molecular complexity index is 761. The Morgan fingerprint density at radius 2 is 1.89 bits per heavy atom. The Morgan fingerprint density at radius 1 is 1.15 bits per heavy atom. The first-order valence-corrected chi connectivity index (χ1v) is 9.26. The van der Waals surface area contributed by atoms with Crippen LogP contribution in [0.3, 0.4) is 0 Å². The van der Waals surface area contributed by atoms with Gasteiger partial charge in [-0.3, -0.25) is 9.69 Å². The first-order valence-electron chi connectivity index (χ1n) is 9.26. The molecule has 0 aliphatic heterocycles. The van der Waals surface area contributed by atoms with Gasteiger partial charge < -0.3 is 14.8 Å². The lowest BCUT2D eigenvalue weighted by molar-refractivity contribution is -0.120. The third-order valence-corrected chi connectivity index (χ3v) is 4.66. The number of para-hydroxylation sites is 1. The van der Waals surface area contributed by atoms with Gasteiger partial charge in [0.1, 0.15) is 11.5 Å². The summed E-state index contributed by atoms with van der Waals surface area (Å²) in [6.07, 6.45) is 0.843. The topological polar surface area (TPSA) is 50.8 Å². The molecule has 27 heavy (non-hydrogen) atoms. The lowest BCUT2D eigenvalue weighted by Gasteiger charge is -2.24. The fourth-order valence-electron chi connectivity index (χ4n) is 2.76. The molecule has 2 aromatic rings. The van der Waals surface area contributed by atoms with Gasteiger partial charge in [0.15, 0.2) is 0 Å². The number of rotatable bonds is 9. The number of benzene rings is 2. The number of likely N-dealkylation sites (N-methyl/N-ethyl adjacent to an activating group) is 1. The summed E-state index contributed by atoms with van der Waals surface area (Å²) in [5.74, 6) is 1.52. The van der Waals surface area contributed by atoms with Crippen LogP contribution in [0.25, 0.3) is 0 Å². The molecule has 5 heteroatoms. The van der Waals surface area contributed by atoms with Gasteiger partial charge in [0, 0.05) is 6.54 Å². The van der Waals surface area contributed by atoms with Crippen LogP contribution >= 0.6 is 0 Å². The van der Waals surface area contributed by atoms with Crippen LogP contribution in [-0.4, -0.2) is 44.2 Å². The third-order valence-electron chi connectivity index (χ3n) is 4.66. The van der Waals surface area contributed by atoms with Gasteiger partial charge in [0.05, 0.1) is 25.4 Å². The third kappa shape index (κ3) is 6.00. The zero-order valence-corrected chi connectivity index (χ0v) is 16.9. The molecule has 0 radical (unpaired) electrons. The van der Waals surface area contributed by atoms with E-state index in [1.807, 2.05) is 75.2 Å². The van der Waals surface area contributed by atoms with Crippen molar-refractivity contribution in [2.24, 2.45) is 0 Å². The SMILES string of the molecule is COc1ccc(C)cc1NC(=O)C(C)N(C)CCCOc1ccccc1C. The summed E-state index contributed by atoms with van der Waals surface area (Å²) < 4.78 is 11.2. The zero-order valence-electron chi connectivity index (χ0n) is 16.9. The number of carbonyl (C=O) groups excluding carboxylic acids is 1. The predicted octanol–water partition coefficient (Wildman–Crippen LogP) is 4.04. The van der Waals surface area contributed by atoms with Crippen molar-refractivity contribution >= 4 is 11.6 Å². The lowest BCUT2D eigenvalue weighted by Crippen LogP contribution is -2.40. The summed E-state index contributed by atoms with van der Waals surface area (Å²) in [5, 5.41) is 2.97. The molecule has 0 bridgehead atoms. The Balaban J connectivity index is 1.82. The number of methoxy groups -OCH3 is 1. The predicted molar refractivity (Wildman–Crippen MR) is 110 cm³/mol. The van der Waals surface area contributed by atoms with E-state index >= 15 is 0 Å². The fourth-order valence-corrected chi connectivity index (χ4v) is 2.76. The highest BCUT2D eigenvalue weighted by molar-refractivity contribution is 5.95. The first kappa shape index (κ1) is 20.8. The minimum absolute atomic E-state index is 0.0544. The van der Waals surface area contributed by atoms with E-state index in [1.165, 1.54) is 0 Å². The van der Waals surface area contributed by atoms with Crippen LogP contribution in [0.5, 0.6) is 11.5 Å². The molecular formula is C22H30N2O3. The van der Waals surface area contributed by atoms with Gasteiger partial charge in [0.25, 0.3) is 0 Å². The molecule has 0 fully saturated rings. The van der Waals surface area contributed by atoms with Gasteiger partial charge in [-0.25, -0.2) is 0 Å². The van der Waals surface area contributed by atoms with Crippen molar-refractivity contribution in [2.75, 3.05) is 32.6 Å². The summed E-state index contributed by atoms with van der Waals surface area (Å²) in [7, 11) is 3.55. The maximum absolute atomic E-state index is 12.6. The van der Waals surface area contributed by atoms with Crippen LogP contribution in [-0.2, 0) is 4.79 Å². The number of carbonyl (C=O) groups is 1. The average molecular weight is 370 g/mol. The number of anilines is 1. The molecule has 1 unspecified atom stereocenters. The van der Waals surface area contributed by atoms with Gasteiger partial charge >= 0.3 is 0 Å². The van der Waals surface area contributed by atoms with Crippen LogP contribution in [0, 0.1) is 13.8 Å². The van der Waals surface area contributed by atoms with Gasteiger partial charge in [-0.2, -0.15) is 0 Å². The molecule has 146 valence electrons. The maximum Gasteiger partial charge on any atom is 0.241 e. The Morgan fingerprint density at radius 3 is 2.59 bits per heavy atom. The van der Waals surface area contributed by atoms with Gasteiger partial charge in [-0.1, -0.05) is 24.3 Å². The van der Waals surface area contributed by atoms with Gasteiger partial charge in [-0.05, 0) is 63.6 Å². The molecule has 0 saturated carbocycles. The minimum atomic E-state index is -0.256. The van der Waals surface area contributed by atoms with E-state index in [0.29, 0.717) is 18.0 Å². The smallest absolute Gasteiger partial charge is 0.241 e. The van der Waals surface area contributed by atoms with E-state index in [-0.39, 0.29) is 11.9 Å². The van der Waals surface area contributed by atoms with Crippen molar-refractivity contribution in [1.82, 2.24) is 4.90 Å². The maximum atomic E-state index is 12.6. The van der Waals surface area contributed by atoms with Crippen molar-refractivity contribution < 1.29 is 14.3 Å². The highest BCUT2D eigenvalue weighted by Gasteiger charge is 2.19. The lowest BCUT2D eigenvalue weighted by atomic mass is 10.2. The normalized spacial score (nSPS) is 11.9. The number of amides is 1. The first-order chi connectivity index (χ1) is 12.9. The number of nitrogens with zero attached hydrogens (tertiary/aromatic N) is 1. The van der Waals surface area contributed by atoms with Crippen LogP contribution in [0.15, 0.2) is 42.5 Å². The number of hydrogen-bond donors (Lipinski definition) is 1. The van der Waals surface area contributed by atoms with Crippen molar-refractivity contribution in [3.05, 3.63) is 53.6 Å². The van der Waals surface area contributed by atoms with E-state index in [1.54, 1.807) is 7.11 Å². The van der Waals surface area contributed by atoms with Crippen molar-refractivity contribution in [1.29, 1.82) is 0 Å². The Hall–Kier alpha value is -2.53. The summed E-state index contributed by atoms with van der Waals surface area (Å²) in [4.78, 5) is 14.6. The molecule has 0 aliphatic rings. The molecule has 5 nitrogen and oxygen atoms in total. The second-order valence-electron chi connectivity index (χ2n) is 6.82. The molecule has 0 saturated heterocycles. The van der Waals surface area contributed by atoms with Crippen molar-refractivity contribution in [3.8, 4) is 11.5 Å². The van der Waals surface area contributed by atoms with Crippen molar-refractivity contribution in [3.63, 3.8) is 0 Å². The van der Waals surface area contributed by atoms with E-state index < -0.39 is 0 Å². The summed E-state index contributed by atoms with van der Waals surface area (Å²) >= 11 is 0. The molecule has 1 atom stereocenters. The fraction of sp³-hybridized carbons (Fsp3) is 0.409. The second kappa shape index (κ2) is 9.97. The van der Waals surface area contributed by atoms with Crippen LogP contribution < -0.4 is 14.8 Å². The monoisotopic (exact) mass is 370 g/mol. The number of aryl methyl sites for hydroxylation is 2. The Kier molecular flexibility index (Phi) is 7.67. The average Bonchev–Trinajstić information content (AvgIpc) is 2.65. The molecule has 0 aliphatic carbocycles. The number of nitrogens with one attached hydrogen (secondary N) is 1. The standard InChI is InChI=1S/C22H30N2O3/c1-16-11-12-21(26-5)19(15-16)23-22(25)18(3)24(4)13-8-14-27-20-10-7-6-9-17(20)2/h6-7,9-12,15,18H,8,13-14H2,1-5H3,(H,23,25). The quantitative estimate of drug-likeness (QED) is 0.677. The Labute approximate surface area is 162 Å². The largest absolute Gasteiger partial charge is 0.495 e. The van der Waals surface area contributed by atoms with E-state index in [4.69, 9.17) is 9.47 Å².